The fourth-order valence-corrected chi connectivity index (χ4v) is 3.38. The van der Waals surface area contributed by atoms with E-state index in [-0.39, 0.29) is 16.7 Å². The van der Waals surface area contributed by atoms with Crippen LogP contribution >= 0.6 is 0 Å². The van der Waals surface area contributed by atoms with Gasteiger partial charge in [0.25, 0.3) is 11.7 Å². The van der Waals surface area contributed by atoms with Gasteiger partial charge >= 0.3 is 0 Å². The van der Waals surface area contributed by atoms with Gasteiger partial charge in [-0.1, -0.05) is 12.1 Å². The largest absolute Gasteiger partial charge is 0.507 e. The molecule has 1 amide bonds. The average Bonchev–Trinajstić information content (AvgIpc) is 3.01. The van der Waals surface area contributed by atoms with E-state index < -0.39 is 46.6 Å². The van der Waals surface area contributed by atoms with Gasteiger partial charge in [-0.05, 0) is 42.0 Å². The SMILES string of the molecule is O=C1C(=O)N(c2cc(F)ccc2F)C(c2ccc(F)cc2)/C1=C(\O)c1ccncc1. The van der Waals surface area contributed by atoms with E-state index in [0.717, 1.165) is 35.2 Å². The highest BCUT2D eigenvalue weighted by Crippen LogP contribution is 2.43. The number of ketones is 1. The van der Waals surface area contributed by atoms with Crippen LogP contribution in [0.3, 0.4) is 0 Å². The van der Waals surface area contributed by atoms with Gasteiger partial charge in [-0.15, -0.1) is 0 Å². The standard InChI is InChI=1S/C22H13F3N2O3/c23-14-3-1-12(2-4-14)19-18(20(28)13-7-9-26-10-8-13)21(29)22(30)27(19)17-11-15(24)5-6-16(17)25/h1-11,19,28H/b20-18+. The normalized spacial score (nSPS) is 18.1. The van der Waals surface area contributed by atoms with Crippen LogP contribution in [0, 0.1) is 17.5 Å². The zero-order chi connectivity index (χ0) is 21.4. The average molecular weight is 410 g/mol. The summed E-state index contributed by atoms with van der Waals surface area (Å²) in [5.41, 5.74) is -0.369. The van der Waals surface area contributed by atoms with E-state index in [1.165, 1.54) is 36.7 Å². The first-order valence-corrected chi connectivity index (χ1v) is 8.80. The third kappa shape index (κ3) is 3.22. The fourth-order valence-electron chi connectivity index (χ4n) is 3.38. The maximum atomic E-state index is 14.5. The number of amides is 1. The zero-order valence-corrected chi connectivity index (χ0v) is 15.2. The number of Topliss-reactive ketones (excluding diaryl/α,β-unsaturated/α-hetero) is 1. The molecule has 5 nitrogen and oxygen atoms in total. The number of carbonyl (C=O) groups excluding carboxylic acids is 2. The summed E-state index contributed by atoms with van der Waals surface area (Å²) >= 11 is 0. The number of benzene rings is 2. The minimum Gasteiger partial charge on any atom is -0.507 e. The van der Waals surface area contributed by atoms with E-state index in [0.29, 0.717) is 0 Å². The summed E-state index contributed by atoms with van der Waals surface area (Å²) in [6.07, 6.45) is 2.76. The highest BCUT2D eigenvalue weighted by molar-refractivity contribution is 6.51. The molecule has 1 aliphatic rings. The predicted octanol–water partition coefficient (Wildman–Crippen LogP) is 4.13. The van der Waals surface area contributed by atoms with E-state index in [4.69, 9.17) is 0 Å². The number of aliphatic hydroxyl groups is 1. The highest BCUT2D eigenvalue weighted by atomic mass is 19.1. The maximum Gasteiger partial charge on any atom is 0.300 e. The van der Waals surface area contributed by atoms with Gasteiger partial charge < -0.3 is 5.11 Å². The molecule has 1 fully saturated rings. The van der Waals surface area contributed by atoms with E-state index >= 15 is 0 Å². The van der Waals surface area contributed by atoms with Crippen molar-refractivity contribution >= 4 is 23.1 Å². The minimum atomic E-state index is -1.30. The summed E-state index contributed by atoms with van der Waals surface area (Å²) in [7, 11) is 0. The molecule has 1 unspecified atom stereocenters. The molecule has 0 saturated carbocycles. The third-order valence-electron chi connectivity index (χ3n) is 4.75. The molecular formula is C22H13F3N2O3. The number of rotatable bonds is 3. The smallest absolute Gasteiger partial charge is 0.300 e. The van der Waals surface area contributed by atoms with Crippen molar-refractivity contribution in [1.82, 2.24) is 4.98 Å². The zero-order valence-electron chi connectivity index (χ0n) is 15.2. The Labute approximate surface area is 168 Å². The van der Waals surface area contributed by atoms with Crippen molar-refractivity contribution in [2.24, 2.45) is 0 Å². The maximum absolute atomic E-state index is 14.5. The lowest BCUT2D eigenvalue weighted by molar-refractivity contribution is -0.132. The summed E-state index contributed by atoms with van der Waals surface area (Å²) in [6.45, 7) is 0. The molecule has 1 aliphatic heterocycles. The first-order chi connectivity index (χ1) is 14.4. The number of carbonyl (C=O) groups is 2. The number of aliphatic hydroxyl groups excluding tert-OH is 1. The highest BCUT2D eigenvalue weighted by Gasteiger charge is 2.47. The van der Waals surface area contributed by atoms with Crippen molar-refractivity contribution in [3.05, 3.63) is 101 Å². The van der Waals surface area contributed by atoms with E-state index in [1.807, 2.05) is 0 Å². The van der Waals surface area contributed by atoms with Gasteiger partial charge in [0.1, 0.15) is 23.2 Å². The molecule has 150 valence electrons. The van der Waals surface area contributed by atoms with Crippen LogP contribution in [0.2, 0.25) is 0 Å². The molecule has 1 saturated heterocycles. The van der Waals surface area contributed by atoms with Gasteiger partial charge in [0.05, 0.1) is 17.3 Å². The molecule has 3 aromatic rings. The molecule has 1 aromatic heterocycles. The van der Waals surface area contributed by atoms with Crippen molar-refractivity contribution < 1.29 is 27.9 Å². The molecule has 0 spiro atoms. The molecule has 1 N–H and O–H groups in total. The fraction of sp³-hybridized carbons (Fsp3) is 0.0455. The number of anilines is 1. The van der Waals surface area contributed by atoms with E-state index in [9.17, 15) is 27.9 Å². The van der Waals surface area contributed by atoms with Crippen LogP contribution in [0.15, 0.2) is 72.6 Å². The minimum absolute atomic E-state index is 0.204. The van der Waals surface area contributed by atoms with Gasteiger partial charge in [0.15, 0.2) is 0 Å². The molecule has 0 bridgehead atoms. The second kappa shape index (κ2) is 7.47. The summed E-state index contributed by atoms with van der Waals surface area (Å²) < 4.78 is 41.8. The predicted molar refractivity (Wildman–Crippen MR) is 102 cm³/mol. The van der Waals surface area contributed by atoms with Crippen LogP contribution in [0.25, 0.3) is 5.76 Å². The van der Waals surface area contributed by atoms with Crippen molar-refractivity contribution in [3.8, 4) is 0 Å². The number of hydrogen-bond donors (Lipinski definition) is 1. The molecule has 30 heavy (non-hydrogen) atoms. The Kier molecular flexibility index (Phi) is 4.83. The van der Waals surface area contributed by atoms with Gasteiger partial charge in [0, 0.05) is 24.0 Å². The van der Waals surface area contributed by atoms with Gasteiger partial charge in [0.2, 0.25) is 0 Å². The molecule has 4 rings (SSSR count). The molecule has 2 heterocycles. The van der Waals surface area contributed by atoms with E-state index in [2.05, 4.69) is 4.98 Å². The lowest BCUT2D eigenvalue weighted by Gasteiger charge is -2.25. The monoisotopic (exact) mass is 410 g/mol. The Balaban J connectivity index is 1.98. The molecule has 0 radical (unpaired) electrons. The number of halogens is 3. The number of pyridine rings is 1. The molecule has 1 atom stereocenters. The van der Waals surface area contributed by atoms with Crippen molar-refractivity contribution in [2.75, 3.05) is 4.90 Å². The van der Waals surface area contributed by atoms with Crippen LogP contribution < -0.4 is 4.90 Å². The molecule has 8 heteroatoms. The Morgan fingerprint density at radius 1 is 0.900 bits per heavy atom. The Bertz CT molecular complexity index is 1180. The Hall–Kier alpha value is -3.94. The van der Waals surface area contributed by atoms with Crippen molar-refractivity contribution in [3.63, 3.8) is 0 Å². The summed E-state index contributed by atoms with van der Waals surface area (Å²) in [5, 5.41) is 10.8. The van der Waals surface area contributed by atoms with Gasteiger partial charge in [-0.3, -0.25) is 19.5 Å². The van der Waals surface area contributed by atoms with Gasteiger partial charge in [-0.2, -0.15) is 0 Å². The molecule has 2 aromatic carbocycles. The van der Waals surface area contributed by atoms with Crippen LogP contribution in [0.5, 0.6) is 0 Å². The summed E-state index contributed by atoms with van der Waals surface area (Å²) in [4.78, 5) is 30.3. The summed E-state index contributed by atoms with van der Waals surface area (Å²) in [5.74, 6) is -5.06. The second-order valence-electron chi connectivity index (χ2n) is 6.55. The van der Waals surface area contributed by atoms with Crippen molar-refractivity contribution in [2.45, 2.75) is 6.04 Å². The second-order valence-corrected chi connectivity index (χ2v) is 6.55. The lowest BCUT2D eigenvalue weighted by Crippen LogP contribution is -2.30. The Morgan fingerprint density at radius 2 is 1.53 bits per heavy atom. The lowest BCUT2D eigenvalue weighted by atomic mass is 9.95. The van der Waals surface area contributed by atoms with Crippen LogP contribution in [0.4, 0.5) is 18.9 Å². The van der Waals surface area contributed by atoms with Gasteiger partial charge in [-0.25, -0.2) is 13.2 Å². The molecule has 0 aliphatic carbocycles. The summed E-state index contributed by atoms with van der Waals surface area (Å²) in [6, 6.07) is 8.84. The van der Waals surface area contributed by atoms with Crippen LogP contribution in [-0.2, 0) is 9.59 Å². The first kappa shape index (κ1) is 19.4. The number of hydrogen-bond acceptors (Lipinski definition) is 4. The number of aromatic nitrogens is 1. The van der Waals surface area contributed by atoms with Crippen molar-refractivity contribution in [1.29, 1.82) is 0 Å². The first-order valence-electron chi connectivity index (χ1n) is 8.80. The topological polar surface area (TPSA) is 70.5 Å². The van der Waals surface area contributed by atoms with Crippen LogP contribution in [0.1, 0.15) is 17.2 Å². The number of nitrogens with zero attached hydrogens (tertiary/aromatic N) is 2. The quantitative estimate of drug-likeness (QED) is 0.401. The van der Waals surface area contributed by atoms with Crippen LogP contribution in [-0.4, -0.2) is 21.8 Å². The molecular weight excluding hydrogens is 397 g/mol. The Morgan fingerprint density at radius 3 is 2.20 bits per heavy atom. The van der Waals surface area contributed by atoms with E-state index in [1.54, 1.807) is 0 Å². The third-order valence-corrected chi connectivity index (χ3v) is 4.75.